The van der Waals surface area contributed by atoms with E-state index in [1.165, 1.54) is 7.11 Å². The number of phenolic OH excluding ortho intramolecular Hbond substituents is 1. The van der Waals surface area contributed by atoms with Gasteiger partial charge in [0.05, 0.1) is 7.11 Å². The summed E-state index contributed by atoms with van der Waals surface area (Å²) in [5.74, 6) is 0.0853. The Morgan fingerprint density at radius 1 is 1.13 bits per heavy atom. The van der Waals surface area contributed by atoms with Gasteiger partial charge in [-0.2, -0.15) is 0 Å². The topological polar surface area (TPSA) is 46.5 Å². The lowest BCUT2D eigenvalue weighted by atomic mass is 9.82. The van der Waals surface area contributed by atoms with Gasteiger partial charge in [-0.05, 0) is 29.0 Å². The molecule has 0 aliphatic rings. The van der Waals surface area contributed by atoms with E-state index in [2.05, 4.69) is 20.8 Å². The molecule has 0 aliphatic heterocycles. The third-order valence-electron chi connectivity index (χ3n) is 3.91. The Bertz CT molecular complexity index is 682. The highest BCUT2D eigenvalue weighted by Crippen LogP contribution is 2.39. The molecule has 0 saturated heterocycles. The number of rotatable bonds is 4. The largest absolute Gasteiger partial charge is 0.507 e. The lowest BCUT2D eigenvalue weighted by Crippen LogP contribution is -2.13. The number of aromatic hydroxyl groups is 1. The SMILES string of the molecule is COC(=O)CCc1cc(-c2ccccc2)c(O)c(C(C)(C)C)c1. The molecule has 0 saturated carbocycles. The molecule has 0 aromatic heterocycles. The molecule has 122 valence electrons. The number of carbonyl (C=O) groups is 1. The zero-order valence-corrected chi connectivity index (χ0v) is 14.2. The van der Waals surface area contributed by atoms with Crippen LogP contribution in [0.1, 0.15) is 38.3 Å². The zero-order chi connectivity index (χ0) is 17.0. The van der Waals surface area contributed by atoms with Crippen LogP contribution in [0.5, 0.6) is 5.75 Å². The van der Waals surface area contributed by atoms with Gasteiger partial charge in [0.1, 0.15) is 5.75 Å². The highest BCUT2D eigenvalue weighted by atomic mass is 16.5. The summed E-state index contributed by atoms with van der Waals surface area (Å²) in [5, 5.41) is 10.7. The molecule has 23 heavy (non-hydrogen) atoms. The van der Waals surface area contributed by atoms with Crippen LogP contribution in [0.3, 0.4) is 0 Å². The van der Waals surface area contributed by atoms with E-state index in [0.717, 1.165) is 22.3 Å². The molecule has 2 rings (SSSR count). The number of hydrogen-bond donors (Lipinski definition) is 1. The number of phenols is 1. The fourth-order valence-electron chi connectivity index (χ4n) is 2.60. The van der Waals surface area contributed by atoms with Crippen molar-refractivity contribution >= 4 is 5.97 Å². The van der Waals surface area contributed by atoms with Crippen molar-refractivity contribution in [1.29, 1.82) is 0 Å². The van der Waals surface area contributed by atoms with Crippen LogP contribution in [-0.2, 0) is 21.4 Å². The van der Waals surface area contributed by atoms with Crippen LogP contribution in [0.4, 0.5) is 0 Å². The summed E-state index contributed by atoms with van der Waals surface area (Å²) in [4.78, 5) is 11.4. The van der Waals surface area contributed by atoms with Crippen molar-refractivity contribution in [1.82, 2.24) is 0 Å². The number of aryl methyl sites for hydroxylation is 1. The quantitative estimate of drug-likeness (QED) is 0.848. The van der Waals surface area contributed by atoms with Crippen molar-refractivity contribution in [3.8, 4) is 16.9 Å². The van der Waals surface area contributed by atoms with Crippen LogP contribution in [0, 0.1) is 0 Å². The minimum atomic E-state index is -0.225. The summed E-state index contributed by atoms with van der Waals surface area (Å²) in [6, 6.07) is 13.8. The molecule has 2 aromatic rings. The number of hydrogen-bond acceptors (Lipinski definition) is 3. The predicted octanol–water partition coefficient (Wildman–Crippen LogP) is 4.46. The van der Waals surface area contributed by atoms with Crippen LogP contribution in [-0.4, -0.2) is 18.2 Å². The Kier molecular flexibility index (Phi) is 5.09. The second kappa shape index (κ2) is 6.86. The standard InChI is InChI=1S/C20H24O3/c1-20(2,3)17-13-14(10-11-18(21)23-4)12-16(19(17)22)15-8-6-5-7-9-15/h5-9,12-13,22H,10-11H2,1-4H3. The van der Waals surface area contributed by atoms with Crippen LogP contribution >= 0.6 is 0 Å². The second-order valence-electron chi connectivity index (χ2n) is 6.73. The Labute approximate surface area is 137 Å². The van der Waals surface area contributed by atoms with Crippen LogP contribution in [0.15, 0.2) is 42.5 Å². The number of benzene rings is 2. The van der Waals surface area contributed by atoms with Crippen LogP contribution in [0.2, 0.25) is 0 Å². The third kappa shape index (κ3) is 4.13. The van der Waals surface area contributed by atoms with E-state index < -0.39 is 0 Å². The smallest absolute Gasteiger partial charge is 0.305 e. The number of methoxy groups -OCH3 is 1. The Morgan fingerprint density at radius 2 is 1.78 bits per heavy atom. The first-order valence-electron chi connectivity index (χ1n) is 7.81. The summed E-state index contributed by atoms with van der Waals surface area (Å²) in [6.07, 6.45) is 0.926. The summed E-state index contributed by atoms with van der Waals surface area (Å²) in [5.41, 5.74) is 3.50. The maximum atomic E-state index is 11.4. The van der Waals surface area contributed by atoms with Crippen molar-refractivity contribution in [3.63, 3.8) is 0 Å². The summed E-state index contributed by atoms with van der Waals surface area (Å²) < 4.78 is 4.72. The van der Waals surface area contributed by atoms with Gasteiger partial charge >= 0.3 is 5.97 Å². The van der Waals surface area contributed by atoms with Crippen molar-refractivity contribution in [3.05, 3.63) is 53.6 Å². The molecule has 0 bridgehead atoms. The minimum absolute atomic E-state index is 0.186. The van der Waals surface area contributed by atoms with E-state index in [1.54, 1.807) is 0 Å². The van der Waals surface area contributed by atoms with E-state index in [-0.39, 0.29) is 11.4 Å². The molecule has 3 nitrogen and oxygen atoms in total. The van der Waals surface area contributed by atoms with Gasteiger partial charge in [-0.25, -0.2) is 0 Å². The normalized spacial score (nSPS) is 11.3. The molecule has 0 spiro atoms. The molecular formula is C20H24O3. The van der Waals surface area contributed by atoms with Gasteiger partial charge in [0, 0.05) is 17.5 Å². The number of esters is 1. The Hall–Kier alpha value is -2.29. The summed E-state index contributed by atoms with van der Waals surface area (Å²) in [6.45, 7) is 6.21. The molecule has 0 radical (unpaired) electrons. The molecule has 0 amide bonds. The molecule has 0 heterocycles. The molecule has 2 aromatic carbocycles. The molecule has 0 aliphatic carbocycles. The summed E-state index contributed by atoms with van der Waals surface area (Å²) >= 11 is 0. The van der Waals surface area contributed by atoms with Gasteiger partial charge in [0.15, 0.2) is 0 Å². The first-order chi connectivity index (χ1) is 10.8. The fraction of sp³-hybridized carbons (Fsp3) is 0.350. The highest BCUT2D eigenvalue weighted by Gasteiger charge is 2.22. The zero-order valence-electron chi connectivity index (χ0n) is 14.2. The van der Waals surface area contributed by atoms with E-state index in [1.807, 2.05) is 42.5 Å². The molecular weight excluding hydrogens is 288 g/mol. The predicted molar refractivity (Wildman–Crippen MR) is 92.6 cm³/mol. The first kappa shape index (κ1) is 17.1. The Balaban J connectivity index is 2.50. The van der Waals surface area contributed by atoms with Crippen molar-refractivity contribution in [2.75, 3.05) is 7.11 Å². The maximum Gasteiger partial charge on any atom is 0.305 e. The lowest BCUT2D eigenvalue weighted by molar-refractivity contribution is -0.140. The Morgan fingerprint density at radius 3 is 2.35 bits per heavy atom. The first-order valence-corrected chi connectivity index (χ1v) is 7.81. The summed E-state index contributed by atoms with van der Waals surface area (Å²) in [7, 11) is 1.40. The lowest BCUT2D eigenvalue weighted by Gasteiger charge is -2.23. The third-order valence-corrected chi connectivity index (χ3v) is 3.91. The van der Waals surface area contributed by atoms with E-state index in [0.29, 0.717) is 18.6 Å². The van der Waals surface area contributed by atoms with Gasteiger partial charge < -0.3 is 9.84 Å². The van der Waals surface area contributed by atoms with Gasteiger partial charge in [0.2, 0.25) is 0 Å². The van der Waals surface area contributed by atoms with E-state index in [4.69, 9.17) is 4.74 Å². The van der Waals surface area contributed by atoms with Gasteiger partial charge in [-0.15, -0.1) is 0 Å². The maximum absolute atomic E-state index is 11.4. The molecule has 0 fully saturated rings. The van der Waals surface area contributed by atoms with Crippen LogP contribution < -0.4 is 0 Å². The van der Waals surface area contributed by atoms with Crippen molar-refractivity contribution < 1.29 is 14.6 Å². The average Bonchev–Trinajstić information content (AvgIpc) is 2.53. The molecule has 0 unspecified atom stereocenters. The van der Waals surface area contributed by atoms with E-state index >= 15 is 0 Å². The van der Waals surface area contributed by atoms with Gasteiger partial charge in [-0.1, -0.05) is 57.2 Å². The molecule has 1 N–H and O–H groups in total. The molecule has 0 atom stereocenters. The van der Waals surface area contributed by atoms with Crippen molar-refractivity contribution in [2.24, 2.45) is 0 Å². The number of ether oxygens (including phenoxy) is 1. The minimum Gasteiger partial charge on any atom is -0.507 e. The highest BCUT2D eigenvalue weighted by molar-refractivity contribution is 5.74. The fourth-order valence-corrected chi connectivity index (χ4v) is 2.60. The molecule has 3 heteroatoms. The van der Waals surface area contributed by atoms with Crippen molar-refractivity contribution in [2.45, 2.75) is 39.0 Å². The van der Waals surface area contributed by atoms with Gasteiger partial charge in [0.25, 0.3) is 0 Å². The average molecular weight is 312 g/mol. The number of carbonyl (C=O) groups excluding carboxylic acids is 1. The van der Waals surface area contributed by atoms with Crippen LogP contribution in [0.25, 0.3) is 11.1 Å². The van der Waals surface area contributed by atoms with Gasteiger partial charge in [-0.3, -0.25) is 4.79 Å². The monoisotopic (exact) mass is 312 g/mol. The van der Waals surface area contributed by atoms with E-state index in [9.17, 15) is 9.90 Å². The second-order valence-corrected chi connectivity index (χ2v) is 6.73.